The number of nitrogens with zero attached hydrogens (tertiary/aromatic N) is 1. The standard InChI is InChI=1S/C12H10BrNS/c13-12-14-11-9-6-2-1-4-8(9)5-3-7-10(11)15-12/h1-2,4,6H,3,5,7H2. The van der Waals surface area contributed by atoms with Gasteiger partial charge in [0, 0.05) is 10.4 Å². The van der Waals surface area contributed by atoms with Crippen molar-refractivity contribution in [2.45, 2.75) is 19.3 Å². The second-order valence-corrected chi connectivity index (χ2v) is 6.11. The average molecular weight is 280 g/mol. The fourth-order valence-corrected chi connectivity index (χ4v) is 3.71. The number of rotatable bonds is 0. The zero-order chi connectivity index (χ0) is 10.3. The predicted molar refractivity (Wildman–Crippen MR) is 67.3 cm³/mol. The first-order valence-corrected chi connectivity index (χ1v) is 6.69. The van der Waals surface area contributed by atoms with Crippen molar-refractivity contribution in [1.82, 2.24) is 4.98 Å². The molecule has 2 aromatic rings. The summed E-state index contributed by atoms with van der Waals surface area (Å²) in [6.45, 7) is 0. The van der Waals surface area contributed by atoms with Crippen molar-refractivity contribution < 1.29 is 0 Å². The van der Waals surface area contributed by atoms with Crippen LogP contribution in [0, 0.1) is 0 Å². The molecule has 3 rings (SSSR count). The summed E-state index contributed by atoms with van der Waals surface area (Å²) in [6, 6.07) is 8.62. The number of fused-ring (bicyclic) bond motifs is 3. The Morgan fingerprint density at radius 3 is 3.00 bits per heavy atom. The maximum atomic E-state index is 4.59. The third-order valence-corrected chi connectivity index (χ3v) is 4.36. The Hall–Kier alpha value is -0.670. The Labute approximate surface area is 101 Å². The summed E-state index contributed by atoms with van der Waals surface area (Å²) in [7, 11) is 0. The zero-order valence-corrected chi connectivity index (χ0v) is 10.6. The van der Waals surface area contributed by atoms with Crippen LogP contribution in [0.3, 0.4) is 0 Å². The lowest BCUT2D eigenvalue weighted by atomic mass is 10.0. The summed E-state index contributed by atoms with van der Waals surface area (Å²) in [5.41, 5.74) is 3.96. The van der Waals surface area contributed by atoms with Crippen LogP contribution in [0.2, 0.25) is 0 Å². The van der Waals surface area contributed by atoms with Crippen LogP contribution in [0.15, 0.2) is 28.2 Å². The van der Waals surface area contributed by atoms with Gasteiger partial charge in [0.2, 0.25) is 0 Å². The van der Waals surface area contributed by atoms with E-state index in [1.165, 1.54) is 34.5 Å². The molecule has 1 heterocycles. The second-order valence-electron chi connectivity index (χ2n) is 3.75. The van der Waals surface area contributed by atoms with Crippen LogP contribution >= 0.6 is 27.3 Å². The Kier molecular flexibility index (Phi) is 2.37. The van der Waals surface area contributed by atoms with E-state index in [4.69, 9.17) is 0 Å². The first kappa shape index (κ1) is 9.55. The molecule has 15 heavy (non-hydrogen) atoms. The normalized spacial score (nSPS) is 14.2. The van der Waals surface area contributed by atoms with Crippen molar-refractivity contribution in [2.75, 3.05) is 0 Å². The highest BCUT2D eigenvalue weighted by atomic mass is 79.9. The molecule has 0 fully saturated rings. The topological polar surface area (TPSA) is 12.9 Å². The van der Waals surface area contributed by atoms with Gasteiger partial charge in [0.15, 0.2) is 3.92 Å². The Morgan fingerprint density at radius 2 is 2.07 bits per heavy atom. The van der Waals surface area contributed by atoms with E-state index in [2.05, 4.69) is 45.2 Å². The summed E-state index contributed by atoms with van der Waals surface area (Å²) in [5.74, 6) is 0. The largest absolute Gasteiger partial charge is 0.229 e. The lowest BCUT2D eigenvalue weighted by Crippen LogP contribution is -1.86. The van der Waals surface area contributed by atoms with Crippen molar-refractivity contribution in [2.24, 2.45) is 0 Å². The van der Waals surface area contributed by atoms with Gasteiger partial charge in [-0.15, -0.1) is 11.3 Å². The minimum atomic E-state index is 1.00. The minimum absolute atomic E-state index is 1.00. The molecular formula is C12H10BrNS. The molecule has 0 spiro atoms. The summed E-state index contributed by atoms with van der Waals surface area (Å²) in [6.07, 6.45) is 3.57. The highest BCUT2D eigenvalue weighted by molar-refractivity contribution is 9.11. The minimum Gasteiger partial charge on any atom is -0.229 e. The SMILES string of the molecule is Brc1nc2c(s1)CCCc1ccccc1-2. The summed E-state index contributed by atoms with van der Waals surface area (Å²) in [5, 5.41) is 0. The Morgan fingerprint density at radius 1 is 1.20 bits per heavy atom. The van der Waals surface area contributed by atoms with Crippen LogP contribution in [0.25, 0.3) is 11.3 Å². The molecule has 0 radical (unpaired) electrons. The van der Waals surface area contributed by atoms with E-state index in [1.54, 1.807) is 11.3 Å². The van der Waals surface area contributed by atoms with E-state index in [-0.39, 0.29) is 0 Å². The molecule has 0 saturated carbocycles. The molecule has 0 bridgehead atoms. The zero-order valence-electron chi connectivity index (χ0n) is 8.16. The first-order valence-electron chi connectivity index (χ1n) is 5.08. The number of aryl methyl sites for hydroxylation is 2. The molecule has 1 nitrogen and oxygen atoms in total. The average Bonchev–Trinajstić information content (AvgIpc) is 2.52. The summed E-state index contributed by atoms with van der Waals surface area (Å²) < 4.78 is 1.00. The number of halogens is 1. The number of hydrogen-bond donors (Lipinski definition) is 0. The molecule has 1 aliphatic carbocycles. The van der Waals surface area contributed by atoms with Crippen molar-refractivity contribution in [1.29, 1.82) is 0 Å². The highest BCUT2D eigenvalue weighted by Crippen LogP contribution is 2.36. The van der Waals surface area contributed by atoms with Crippen LogP contribution in [0.4, 0.5) is 0 Å². The van der Waals surface area contributed by atoms with Gasteiger partial charge in [0.05, 0.1) is 5.69 Å². The van der Waals surface area contributed by atoms with Gasteiger partial charge < -0.3 is 0 Å². The van der Waals surface area contributed by atoms with Crippen molar-refractivity contribution in [3.05, 3.63) is 38.6 Å². The van der Waals surface area contributed by atoms with Crippen LogP contribution in [-0.2, 0) is 12.8 Å². The molecule has 0 unspecified atom stereocenters. The third kappa shape index (κ3) is 1.64. The lowest BCUT2D eigenvalue weighted by Gasteiger charge is -2.03. The molecule has 1 aromatic carbocycles. The monoisotopic (exact) mass is 279 g/mol. The van der Waals surface area contributed by atoms with Crippen molar-refractivity contribution in [3.8, 4) is 11.3 Å². The van der Waals surface area contributed by atoms with Crippen LogP contribution < -0.4 is 0 Å². The van der Waals surface area contributed by atoms with E-state index >= 15 is 0 Å². The number of thiazole rings is 1. The molecule has 3 heteroatoms. The lowest BCUT2D eigenvalue weighted by molar-refractivity contribution is 0.843. The molecule has 76 valence electrons. The van der Waals surface area contributed by atoms with Gasteiger partial charge in [-0.05, 0) is 40.8 Å². The van der Waals surface area contributed by atoms with E-state index in [9.17, 15) is 0 Å². The van der Waals surface area contributed by atoms with E-state index in [0.717, 1.165) is 10.3 Å². The predicted octanol–water partition coefficient (Wildman–Crippen LogP) is 4.06. The fraction of sp³-hybridized carbons (Fsp3) is 0.250. The van der Waals surface area contributed by atoms with Gasteiger partial charge in [0.1, 0.15) is 0 Å². The maximum absolute atomic E-state index is 4.59. The van der Waals surface area contributed by atoms with Gasteiger partial charge in [0.25, 0.3) is 0 Å². The maximum Gasteiger partial charge on any atom is 0.160 e. The molecule has 0 atom stereocenters. The Balaban J connectivity index is 2.26. The number of benzene rings is 1. The molecule has 0 saturated heterocycles. The number of hydrogen-bond acceptors (Lipinski definition) is 2. The van der Waals surface area contributed by atoms with Crippen LogP contribution in [0.1, 0.15) is 16.9 Å². The molecular weight excluding hydrogens is 270 g/mol. The quantitative estimate of drug-likeness (QED) is 0.709. The Bertz CT molecular complexity index is 504. The molecule has 1 aliphatic rings. The van der Waals surface area contributed by atoms with Crippen molar-refractivity contribution in [3.63, 3.8) is 0 Å². The van der Waals surface area contributed by atoms with Gasteiger partial charge in [-0.1, -0.05) is 24.3 Å². The smallest absolute Gasteiger partial charge is 0.160 e. The van der Waals surface area contributed by atoms with Gasteiger partial charge >= 0.3 is 0 Å². The fourth-order valence-electron chi connectivity index (χ4n) is 2.11. The van der Waals surface area contributed by atoms with Gasteiger partial charge in [-0.25, -0.2) is 4.98 Å². The molecule has 1 aromatic heterocycles. The highest BCUT2D eigenvalue weighted by Gasteiger charge is 2.17. The van der Waals surface area contributed by atoms with E-state index in [1.807, 2.05) is 0 Å². The first-order chi connectivity index (χ1) is 7.34. The van der Waals surface area contributed by atoms with Gasteiger partial charge in [-0.3, -0.25) is 0 Å². The number of aromatic nitrogens is 1. The van der Waals surface area contributed by atoms with Crippen molar-refractivity contribution >= 4 is 27.3 Å². The van der Waals surface area contributed by atoms with E-state index in [0.29, 0.717) is 0 Å². The summed E-state index contributed by atoms with van der Waals surface area (Å²) in [4.78, 5) is 6.01. The van der Waals surface area contributed by atoms with Gasteiger partial charge in [-0.2, -0.15) is 0 Å². The summed E-state index contributed by atoms with van der Waals surface area (Å²) >= 11 is 5.25. The molecule has 0 amide bonds. The van der Waals surface area contributed by atoms with Crippen LogP contribution in [0.5, 0.6) is 0 Å². The molecule has 0 N–H and O–H groups in total. The van der Waals surface area contributed by atoms with E-state index < -0.39 is 0 Å². The third-order valence-electron chi connectivity index (χ3n) is 2.79. The second kappa shape index (κ2) is 3.72. The molecule has 0 aliphatic heterocycles. The van der Waals surface area contributed by atoms with Crippen LogP contribution in [-0.4, -0.2) is 4.98 Å².